The van der Waals surface area contributed by atoms with Gasteiger partial charge in [0.15, 0.2) is 0 Å². The lowest BCUT2D eigenvalue weighted by Gasteiger charge is -2.08. The Kier molecular flexibility index (Phi) is 4.35. The van der Waals surface area contributed by atoms with Crippen molar-refractivity contribution >= 4 is 28.8 Å². The number of hydrogen-bond donors (Lipinski definition) is 1. The fourth-order valence-corrected chi connectivity index (χ4v) is 2.78. The first-order chi connectivity index (χ1) is 10.6. The highest BCUT2D eigenvalue weighted by Gasteiger charge is 2.06. The van der Waals surface area contributed by atoms with Crippen LogP contribution in [0.3, 0.4) is 0 Å². The van der Waals surface area contributed by atoms with E-state index in [-0.39, 0.29) is 0 Å². The molecule has 0 spiro atoms. The average molecular weight is 335 g/mol. The summed E-state index contributed by atoms with van der Waals surface area (Å²) in [5, 5.41) is 11.7. The highest BCUT2D eigenvalue weighted by molar-refractivity contribution is 7.10. The number of halogens is 1. The average Bonchev–Trinajstić information content (AvgIpc) is 3.03. The van der Waals surface area contributed by atoms with Crippen LogP contribution in [0.15, 0.2) is 24.3 Å². The molecule has 114 valence electrons. The lowest BCUT2D eigenvalue weighted by atomic mass is 10.2. The van der Waals surface area contributed by atoms with Crippen molar-refractivity contribution in [3.8, 4) is 0 Å². The predicted molar refractivity (Wildman–Crippen MR) is 87.3 cm³/mol. The largest absolute Gasteiger partial charge is 0.379 e. The molecule has 0 radical (unpaired) electrons. The van der Waals surface area contributed by atoms with Crippen LogP contribution in [0.1, 0.15) is 22.9 Å². The van der Waals surface area contributed by atoms with E-state index in [0.29, 0.717) is 17.4 Å². The minimum Gasteiger partial charge on any atom is -0.379 e. The van der Waals surface area contributed by atoms with Crippen molar-refractivity contribution in [2.24, 2.45) is 0 Å². The number of aryl methyl sites for hydroxylation is 2. The SMILES string of the molecule is Cc1nc(C)n(Cc2cccc(NCc3nnsc3Cl)c2)n1. The van der Waals surface area contributed by atoms with Gasteiger partial charge in [-0.2, -0.15) is 5.10 Å². The van der Waals surface area contributed by atoms with Gasteiger partial charge < -0.3 is 5.32 Å². The van der Waals surface area contributed by atoms with E-state index >= 15 is 0 Å². The van der Waals surface area contributed by atoms with Crippen LogP contribution in [0.2, 0.25) is 4.34 Å². The van der Waals surface area contributed by atoms with E-state index in [9.17, 15) is 0 Å². The Balaban J connectivity index is 1.70. The van der Waals surface area contributed by atoms with Crippen LogP contribution >= 0.6 is 23.1 Å². The third kappa shape index (κ3) is 3.42. The minimum atomic E-state index is 0.556. The molecule has 0 aliphatic heterocycles. The van der Waals surface area contributed by atoms with Crippen LogP contribution in [0.25, 0.3) is 0 Å². The van der Waals surface area contributed by atoms with Crippen molar-refractivity contribution in [2.45, 2.75) is 26.9 Å². The van der Waals surface area contributed by atoms with Gasteiger partial charge in [0.1, 0.15) is 21.7 Å². The first-order valence-electron chi connectivity index (χ1n) is 6.79. The van der Waals surface area contributed by atoms with Gasteiger partial charge >= 0.3 is 0 Å². The summed E-state index contributed by atoms with van der Waals surface area (Å²) in [4.78, 5) is 4.32. The highest BCUT2D eigenvalue weighted by atomic mass is 35.5. The molecule has 0 saturated heterocycles. The van der Waals surface area contributed by atoms with Crippen molar-refractivity contribution < 1.29 is 0 Å². The molecule has 0 unspecified atom stereocenters. The standard InChI is InChI=1S/C14H15ClN6S/c1-9-17-10(2)21(19-9)8-11-4-3-5-12(6-11)16-7-13-14(15)22-20-18-13/h3-6,16H,7-8H2,1-2H3. The quantitative estimate of drug-likeness (QED) is 0.776. The van der Waals surface area contributed by atoms with Gasteiger partial charge in [-0.3, -0.25) is 0 Å². The molecule has 22 heavy (non-hydrogen) atoms. The second-order valence-corrected chi connectivity index (χ2v) is 6.27. The number of rotatable bonds is 5. The second-order valence-electron chi connectivity index (χ2n) is 4.91. The van der Waals surface area contributed by atoms with Gasteiger partial charge in [-0.05, 0) is 31.5 Å². The van der Waals surface area contributed by atoms with Crippen LogP contribution < -0.4 is 5.32 Å². The van der Waals surface area contributed by atoms with Gasteiger partial charge in [0, 0.05) is 17.2 Å². The number of anilines is 1. The van der Waals surface area contributed by atoms with Gasteiger partial charge in [-0.1, -0.05) is 28.2 Å². The van der Waals surface area contributed by atoms with Crippen LogP contribution in [-0.4, -0.2) is 24.4 Å². The van der Waals surface area contributed by atoms with E-state index in [1.165, 1.54) is 11.5 Å². The Labute approximate surface area is 137 Å². The Bertz CT molecular complexity index is 781. The molecule has 0 atom stereocenters. The maximum atomic E-state index is 6.00. The maximum Gasteiger partial charge on any atom is 0.147 e. The molecule has 3 aromatic rings. The third-order valence-electron chi connectivity index (χ3n) is 3.19. The molecule has 6 nitrogen and oxygen atoms in total. The molecule has 0 bridgehead atoms. The molecule has 0 amide bonds. The summed E-state index contributed by atoms with van der Waals surface area (Å²) in [5.74, 6) is 1.70. The molecule has 3 rings (SSSR count). The van der Waals surface area contributed by atoms with Crippen molar-refractivity contribution in [1.82, 2.24) is 24.4 Å². The maximum absolute atomic E-state index is 6.00. The summed E-state index contributed by atoms with van der Waals surface area (Å²) >= 11 is 7.19. The Morgan fingerprint density at radius 3 is 2.86 bits per heavy atom. The molecule has 2 heterocycles. The molecule has 0 fully saturated rings. The summed E-state index contributed by atoms with van der Waals surface area (Å²) in [6.07, 6.45) is 0. The Hall–Kier alpha value is -1.99. The zero-order valence-corrected chi connectivity index (χ0v) is 13.8. The Morgan fingerprint density at radius 2 is 2.18 bits per heavy atom. The summed E-state index contributed by atoms with van der Waals surface area (Å²) < 4.78 is 6.34. The molecule has 0 saturated carbocycles. The van der Waals surface area contributed by atoms with E-state index in [2.05, 4.69) is 37.1 Å². The zero-order valence-electron chi connectivity index (χ0n) is 12.2. The lowest BCUT2D eigenvalue weighted by Crippen LogP contribution is -2.05. The number of benzene rings is 1. The van der Waals surface area contributed by atoms with E-state index < -0.39 is 0 Å². The van der Waals surface area contributed by atoms with Crippen molar-refractivity contribution in [2.75, 3.05) is 5.32 Å². The third-order valence-corrected chi connectivity index (χ3v) is 4.18. The van der Waals surface area contributed by atoms with Gasteiger partial charge in [0.2, 0.25) is 0 Å². The summed E-state index contributed by atoms with van der Waals surface area (Å²) in [6.45, 7) is 5.11. The molecule has 1 aromatic carbocycles. The van der Waals surface area contributed by atoms with Crippen LogP contribution in [0.5, 0.6) is 0 Å². The van der Waals surface area contributed by atoms with Gasteiger partial charge in [-0.15, -0.1) is 5.10 Å². The molecular weight excluding hydrogens is 320 g/mol. The number of aromatic nitrogens is 5. The van der Waals surface area contributed by atoms with Gasteiger partial charge in [0.25, 0.3) is 0 Å². The van der Waals surface area contributed by atoms with Gasteiger partial charge in [0.05, 0.1) is 13.1 Å². The molecule has 8 heteroatoms. The van der Waals surface area contributed by atoms with Crippen LogP contribution in [0, 0.1) is 13.8 Å². The van der Waals surface area contributed by atoms with Gasteiger partial charge in [-0.25, -0.2) is 9.67 Å². The van der Waals surface area contributed by atoms with E-state index in [1.807, 2.05) is 30.7 Å². The normalized spacial score (nSPS) is 10.9. The highest BCUT2D eigenvalue weighted by Crippen LogP contribution is 2.19. The molecule has 0 aliphatic rings. The lowest BCUT2D eigenvalue weighted by molar-refractivity contribution is 0.656. The van der Waals surface area contributed by atoms with Crippen molar-refractivity contribution in [1.29, 1.82) is 0 Å². The summed E-state index contributed by atoms with van der Waals surface area (Å²) in [6, 6.07) is 8.18. The summed E-state index contributed by atoms with van der Waals surface area (Å²) in [5.41, 5.74) is 2.93. The van der Waals surface area contributed by atoms with Crippen molar-refractivity contribution in [3.63, 3.8) is 0 Å². The molecular formula is C14H15ClN6S. The first kappa shape index (κ1) is 14.9. The van der Waals surface area contributed by atoms with Crippen LogP contribution in [0.4, 0.5) is 5.69 Å². The molecule has 2 aromatic heterocycles. The monoisotopic (exact) mass is 334 g/mol. The van der Waals surface area contributed by atoms with Crippen molar-refractivity contribution in [3.05, 3.63) is 51.5 Å². The smallest absolute Gasteiger partial charge is 0.147 e. The second kappa shape index (κ2) is 6.41. The van der Waals surface area contributed by atoms with Crippen LogP contribution in [-0.2, 0) is 13.1 Å². The fourth-order valence-electron chi connectivity index (χ4n) is 2.15. The van der Waals surface area contributed by atoms with E-state index in [4.69, 9.17) is 11.6 Å². The first-order valence-corrected chi connectivity index (χ1v) is 7.94. The molecule has 1 N–H and O–H groups in total. The Morgan fingerprint density at radius 1 is 1.32 bits per heavy atom. The topological polar surface area (TPSA) is 68.5 Å². The number of hydrogen-bond acceptors (Lipinski definition) is 6. The fraction of sp³-hybridized carbons (Fsp3) is 0.286. The number of nitrogens with one attached hydrogen (secondary N) is 1. The zero-order chi connectivity index (χ0) is 15.5. The minimum absolute atomic E-state index is 0.556. The molecule has 0 aliphatic carbocycles. The van der Waals surface area contributed by atoms with E-state index in [0.717, 1.165) is 28.6 Å². The predicted octanol–water partition coefficient (Wildman–Crippen LogP) is 3.06. The summed E-state index contributed by atoms with van der Waals surface area (Å²) in [7, 11) is 0. The van der Waals surface area contributed by atoms with E-state index in [1.54, 1.807) is 0 Å². The number of nitrogens with zero attached hydrogens (tertiary/aromatic N) is 5.